The van der Waals surface area contributed by atoms with E-state index < -0.39 is 0 Å². The van der Waals surface area contributed by atoms with Crippen molar-refractivity contribution in [2.45, 2.75) is 19.4 Å². The summed E-state index contributed by atoms with van der Waals surface area (Å²) in [5.74, 6) is 0.993. The standard InChI is InChI=1S/C13H18O3/c1-2-14-7-8-15-12-9-11-5-3-4-6-13(11)16-10-12/h3-6,12H,2,7-10H2,1H3. The van der Waals surface area contributed by atoms with Gasteiger partial charge < -0.3 is 14.2 Å². The van der Waals surface area contributed by atoms with Crippen molar-refractivity contribution >= 4 is 0 Å². The van der Waals surface area contributed by atoms with Crippen molar-refractivity contribution in [3.8, 4) is 5.75 Å². The zero-order chi connectivity index (χ0) is 11.2. The molecule has 0 bridgehead atoms. The molecule has 0 radical (unpaired) electrons. The second-order valence-corrected chi connectivity index (χ2v) is 3.81. The van der Waals surface area contributed by atoms with Crippen LogP contribution in [0.4, 0.5) is 0 Å². The van der Waals surface area contributed by atoms with Crippen LogP contribution < -0.4 is 4.74 Å². The summed E-state index contributed by atoms with van der Waals surface area (Å²) >= 11 is 0. The summed E-state index contributed by atoms with van der Waals surface area (Å²) < 4.78 is 16.5. The van der Waals surface area contributed by atoms with Crippen LogP contribution in [-0.4, -0.2) is 32.5 Å². The van der Waals surface area contributed by atoms with Crippen LogP contribution in [0.1, 0.15) is 12.5 Å². The quantitative estimate of drug-likeness (QED) is 0.714. The van der Waals surface area contributed by atoms with E-state index in [1.807, 2.05) is 25.1 Å². The number of hydrogen-bond donors (Lipinski definition) is 0. The summed E-state index contributed by atoms with van der Waals surface area (Å²) in [5, 5.41) is 0. The van der Waals surface area contributed by atoms with Gasteiger partial charge >= 0.3 is 0 Å². The number of hydrogen-bond acceptors (Lipinski definition) is 3. The largest absolute Gasteiger partial charge is 0.491 e. The molecule has 0 aromatic heterocycles. The topological polar surface area (TPSA) is 27.7 Å². The number of para-hydroxylation sites is 1. The molecule has 16 heavy (non-hydrogen) atoms. The van der Waals surface area contributed by atoms with E-state index in [1.165, 1.54) is 5.56 Å². The first-order chi connectivity index (χ1) is 7.90. The lowest BCUT2D eigenvalue weighted by atomic mass is 10.0. The molecule has 1 heterocycles. The zero-order valence-electron chi connectivity index (χ0n) is 9.65. The molecule has 1 aromatic carbocycles. The molecule has 0 amide bonds. The van der Waals surface area contributed by atoms with Crippen molar-refractivity contribution in [3.05, 3.63) is 29.8 Å². The average molecular weight is 222 g/mol. The Balaban J connectivity index is 1.79. The first-order valence-electron chi connectivity index (χ1n) is 5.80. The number of ether oxygens (including phenoxy) is 3. The Morgan fingerprint density at radius 3 is 3.06 bits per heavy atom. The molecular formula is C13H18O3. The highest BCUT2D eigenvalue weighted by molar-refractivity contribution is 5.35. The Labute approximate surface area is 96.3 Å². The minimum Gasteiger partial charge on any atom is -0.491 e. The molecule has 0 saturated carbocycles. The van der Waals surface area contributed by atoms with Gasteiger partial charge in [0, 0.05) is 13.0 Å². The molecule has 1 unspecified atom stereocenters. The maximum atomic E-state index is 5.69. The van der Waals surface area contributed by atoms with Crippen LogP contribution in [0.3, 0.4) is 0 Å². The van der Waals surface area contributed by atoms with E-state index in [9.17, 15) is 0 Å². The molecular weight excluding hydrogens is 204 g/mol. The molecule has 1 aromatic rings. The van der Waals surface area contributed by atoms with Gasteiger partial charge in [-0.2, -0.15) is 0 Å². The SMILES string of the molecule is CCOCCOC1COc2ccccc2C1. The van der Waals surface area contributed by atoms with Crippen molar-refractivity contribution < 1.29 is 14.2 Å². The van der Waals surface area contributed by atoms with E-state index in [-0.39, 0.29) is 6.10 Å². The van der Waals surface area contributed by atoms with Crippen molar-refractivity contribution in [1.29, 1.82) is 0 Å². The van der Waals surface area contributed by atoms with Gasteiger partial charge in [0.15, 0.2) is 0 Å². The Morgan fingerprint density at radius 1 is 1.31 bits per heavy atom. The molecule has 2 rings (SSSR count). The van der Waals surface area contributed by atoms with Gasteiger partial charge in [0.05, 0.1) is 19.3 Å². The van der Waals surface area contributed by atoms with Crippen LogP contribution in [0, 0.1) is 0 Å². The second-order valence-electron chi connectivity index (χ2n) is 3.81. The highest BCUT2D eigenvalue weighted by atomic mass is 16.6. The van der Waals surface area contributed by atoms with Gasteiger partial charge in [0.2, 0.25) is 0 Å². The lowest BCUT2D eigenvalue weighted by Crippen LogP contribution is -2.29. The molecule has 0 N–H and O–H groups in total. The van der Waals surface area contributed by atoms with Crippen molar-refractivity contribution in [2.24, 2.45) is 0 Å². The fourth-order valence-electron chi connectivity index (χ4n) is 1.83. The van der Waals surface area contributed by atoms with Crippen LogP contribution in [0.15, 0.2) is 24.3 Å². The van der Waals surface area contributed by atoms with Gasteiger partial charge in [-0.15, -0.1) is 0 Å². The Bertz CT molecular complexity index is 325. The minimum absolute atomic E-state index is 0.162. The molecule has 0 spiro atoms. The molecule has 1 aliphatic heterocycles. The van der Waals surface area contributed by atoms with Gasteiger partial charge in [0.1, 0.15) is 12.4 Å². The Hall–Kier alpha value is -1.06. The Kier molecular flexibility index (Phi) is 4.19. The third-order valence-corrected chi connectivity index (χ3v) is 2.63. The monoisotopic (exact) mass is 222 g/mol. The summed E-state index contributed by atoms with van der Waals surface area (Å²) in [6, 6.07) is 8.12. The normalized spacial score (nSPS) is 18.9. The molecule has 0 aliphatic carbocycles. The minimum atomic E-state index is 0.162. The van der Waals surface area contributed by atoms with Crippen LogP contribution >= 0.6 is 0 Å². The summed E-state index contributed by atoms with van der Waals surface area (Å²) in [6.45, 7) is 4.68. The second kappa shape index (κ2) is 5.87. The molecule has 1 aliphatic rings. The smallest absolute Gasteiger partial charge is 0.122 e. The highest BCUT2D eigenvalue weighted by Gasteiger charge is 2.19. The molecule has 0 fully saturated rings. The lowest BCUT2D eigenvalue weighted by molar-refractivity contribution is -0.0182. The average Bonchev–Trinajstić information content (AvgIpc) is 2.34. The van der Waals surface area contributed by atoms with E-state index in [2.05, 4.69) is 6.07 Å². The van der Waals surface area contributed by atoms with Crippen molar-refractivity contribution in [1.82, 2.24) is 0 Å². The van der Waals surface area contributed by atoms with Gasteiger partial charge in [0.25, 0.3) is 0 Å². The molecule has 88 valence electrons. The summed E-state index contributed by atoms with van der Waals surface area (Å²) in [6.07, 6.45) is 1.10. The maximum Gasteiger partial charge on any atom is 0.122 e. The lowest BCUT2D eigenvalue weighted by Gasteiger charge is -2.25. The number of benzene rings is 1. The molecule has 0 saturated heterocycles. The summed E-state index contributed by atoms with van der Waals surface area (Å²) in [4.78, 5) is 0. The highest BCUT2D eigenvalue weighted by Crippen LogP contribution is 2.24. The van der Waals surface area contributed by atoms with E-state index >= 15 is 0 Å². The van der Waals surface area contributed by atoms with E-state index in [1.54, 1.807) is 0 Å². The van der Waals surface area contributed by atoms with Gasteiger partial charge in [-0.25, -0.2) is 0 Å². The molecule has 1 atom stereocenters. The van der Waals surface area contributed by atoms with E-state index in [0.717, 1.165) is 18.8 Å². The fraction of sp³-hybridized carbons (Fsp3) is 0.538. The summed E-state index contributed by atoms with van der Waals surface area (Å²) in [7, 11) is 0. The predicted molar refractivity (Wildman–Crippen MR) is 61.9 cm³/mol. The van der Waals surface area contributed by atoms with Crippen LogP contribution in [0.5, 0.6) is 5.75 Å². The van der Waals surface area contributed by atoms with Gasteiger partial charge in [-0.3, -0.25) is 0 Å². The first kappa shape index (κ1) is 11.4. The van der Waals surface area contributed by atoms with E-state index in [4.69, 9.17) is 14.2 Å². The number of rotatable bonds is 5. The van der Waals surface area contributed by atoms with Gasteiger partial charge in [-0.05, 0) is 18.6 Å². The predicted octanol–water partition coefficient (Wildman–Crippen LogP) is 2.04. The van der Waals surface area contributed by atoms with Crippen LogP contribution in [-0.2, 0) is 15.9 Å². The molecule has 3 nitrogen and oxygen atoms in total. The third-order valence-electron chi connectivity index (χ3n) is 2.63. The summed E-state index contributed by atoms with van der Waals surface area (Å²) in [5.41, 5.74) is 1.23. The third kappa shape index (κ3) is 2.97. The molecule has 3 heteroatoms. The first-order valence-corrected chi connectivity index (χ1v) is 5.80. The van der Waals surface area contributed by atoms with Crippen molar-refractivity contribution in [2.75, 3.05) is 26.4 Å². The van der Waals surface area contributed by atoms with Crippen molar-refractivity contribution in [3.63, 3.8) is 0 Å². The van der Waals surface area contributed by atoms with Crippen LogP contribution in [0.25, 0.3) is 0 Å². The van der Waals surface area contributed by atoms with E-state index in [0.29, 0.717) is 19.8 Å². The van der Waals surface area contributed by atoms with Crippen LogP contribution in [0.2, 0.25) is 0 Å². The van der Waals surface area contributed by atoms with Gasteiger partial charge in [-0.1, -0.05) is 18.2 Å². The zero-order valence-corrected chi connectivity index (χ0v) is 9.65. The fourth-order valence-corrected chi connectivity index (χ4v) is 1.83. The maximum absolute atomic E-state index is 5.69. The Morgan fingerprint density at radius 2 is 2.19 bits per heavy atom. The number of fused-ring (bicyclic) bond motifs is 1.